The van der Waals surface area contributed by atoms with Crippen molar-refractivity contribution in [1.82, 2.24) is 0 Å². The van der Waals surface area contributed by atoms with Gasteiger partial charge in [-0.15, -0.1) is 6.58 Å². The summed E-state index contributed by atoms with van der Waals surface area (Å²) >= 11 is 0. The molecular weight excluding hydrogens is 248 g/mol. The van der Waals surface area contributed by atoms with Crippen molar-refractivity contribution in [2.75, 3.05) is 0 Å². The van der Waals surface area contributed by atoms with E-state index in [0.29, 0.717) is 0 Å². The van der Waals surface area contributed by atoms with Crippen LogP contribution in [0, 0.1) is 0 Å². The summed E-state index contributed by atoms with van der Waals surface area (Å²) in [5, 5.41) is 0. The summed E-state index contributed by atoms with van der Waals surface area (Å²) < 4.78 is 0. The molecule has 1 aromatic carbocycles. The Hall–Kier alpha value is -1.73. The normalized spacial score (nSPS) is 12.0. The van der Waals surface area contributed by atoms with Crippen LogP contribution in [0.3, 0.4) is 0 Å². The van der Waals surface area contributed by atoms with E-state index in [1.54, 1.807) is 6.08 Å². The third-order valence-corrected chi connectivity index (χ3v) is 4.76. The molecule has 0 saturated heterocycles. The van der Waals surface area contributed by atoms with Gasteiger partial charge in [0.05, 0.1) is 10.9 Å². The Kier molecular flexibility index (Phi) is 6.76. The fourth-order valence-corrected chi connectivity index (χ4v) is 3.64. The SMILES string of the molecule is C=C/C=C\C(=C)[S+](C(=C)CCC=C)c1ccccc1. The summed E-state index contributed by atoms with van der Waals surface area (Å²) in [6, 6.07) is 10.4. The molecule has 1 heteroatoms. The fourth-order valence-electron chi connectivity index (χ4n) is 1.67. The number of hydrogen-bond donors (Lipinski definition) is 0. The number of allylic oxidation sites excluding steroid dienone is 5. The first kappa shape index (κ1) is 15.3. The monoisotopic (exact) mass is 269 g/mol. The van der Waals surface area contributed by atoms with E-state index in [1.807, 2.05) is 24.3 Å². The fraction of sp³-hybridized carbons (Fsp3) is 0.111. The van der Waals surface area contributed by atoms with Gasteiger partial charge in [0, 0.05) is 6.42 Å². The highest BCUT2D eigenvalue weighted by molar-refractivity contribution is 8.04. The first-order chi connectivity index (χ1) is 9.20. The van der Waals surface area contributed by atoms with Crippen molar-refractivity contribution in [3.8, 4) is 0 Å². The van der Waals surface area contributed by atoms with Gasteiger partial charge in [0.1, 0.15) is 4.91 Å². The second-order valence-corrected chi connectivity index (χ2v) is 6.23. The van der Waals surface area contributed by atoms with Crippen LogP contribution >= 0.6 is 0 Å². The van der Waals surface area contributed by atoms with Crippen molar-refractivity contribution in [2.45, 2.75) is 17.7 Å². The molecular formula is C18H21S+. The van der Waals surface area contributed by atoms with Gasteiger partial charge in [0.2, 0.25) is 0 Å². The van der Waals surface area contributed by atoms with Crippen LogP contribution in [0.2, 0.25) is 0 Å². The molecule has 0 amide bonds. The zero-order chi connectivity index (χ0) is 14.1. The van der Waals surface area contributed by atoms with Gasteiger partial charge in [-0.05, 0) is 37.8 Å². The number of rotatable bonds is 8. The van der Waals surface area contributed by atoms with E-state index in [0.717, 1.165) is 17.7 Å². The maximum atomic E-state index is 4.24. The van der Waals surface area contributed by atoms with Crippen LogP contribution in [0.4, 0.5) is 0 Å². The summed E-state index contributed by atoms with van der Waals surface area (Å²) in [5.74, 6) is 0. The average Bonchev–Trinajstić information content (AvgIpc) is 2.44. The molecule has 0 aromatic heterocycles. The first-order valence-corrected chi connectivity index (χ1v) is 7.49. The molecule has 0 spiro atoms. The van der Waals surface area contributed by atoms with Gasteiger partial charge in [-0.1, -0.05) is 43.0 Å². The van der Waals surface area contributed by atoms with E-state index >= 15 is 0 Å². The van der Waals surface area contributed by atoms with Crippen LogP contribution in [0.25, 0.3) is 0 Å². The van der Waals surface area contributed by atoms with Crippen LogP contribution < -0.4 is 0 Å². The highest BCUT2D eigenvalue weighted by Crippen LogP contribution is 2.30. The van der Waals surface area contributed by atoms with Crippen LogP contribution in [-0.4, -0.2) is 0 Å². The molecule has 0 heterocycles. The Bertz CT molecular complexity index is 480. The van der Waals surface area contributed by atoms with Gasteiger partial charge < -0.3 is 0 Å². The van der Waals surface area contributed by atoms with Gasteiger partial charge in [-0.2, -0.15) is 0 Å². The zero-order valence-electron chi connectivity index (χ0n) is 11.3. The largest absolute Gasteiger partial charge is 0.166 e. The van der Waals surface area contributed by atoms with E-state index in [1.165, 1.54) is 9.80 Å². The van der Waals surface area contributed by atoms with Crippen LogP contribution in [0.15, 0.2) is 95.7 Å². The van der Waals surface area contributed by atoms with Gasteiger partial charge in [0.15, 0.2) is 9.80 Å². The summed E-state index contributed by atoms with van der Waals surface area (Å²) in [6.07, 6.45) is 9.54. The van der Waals surface area contributed by atoms with Gasteiger partial charge in [0.25, 0.3) is 0 Å². The molecule has 19 heavy (non-hydrogen) atoms. The van der Waals surface area contributed by atoms with Crippen molar-refractivity contribution in [1.29, 1.82) is 0 Å². The summed E-state index contributed by atoms with van der Waals surface area (Å²) in [4.78, 5) is 3.53. The van der Waals surface area contributed by atoms with Crippen molar-refractivity contribution in [2.24, 2.45) is 0 Å². The van der Waals surface area contributed by atoms with Crippen LogP contribution in [0.5, 0.6) is 0 Å². The Morgan fingerprint density at radius 2 is 1.79 bits per heavy atom. The highest BCUT2D eigenvalue weighted by Gasteiger charge is 2.28. The molecule has 1 atom stereocenters. The van der Waals surface area contributed by atoms with Crippen molar-refractivity contribution >= 4 is 10.9 Å². The molecule has 0 aliphatic carbocycles. The Labute approximate surface area is 119 Å². The molecule has 1 unspecified atom stereocenters. The van der Waals surface area contributed by atoms with Crippen molar-refractivity contribution < 1.29 is 0 Å². The minimum Gasteiger partial charge on any atom is -0.103 e. The molecule has 0 radical (unpaired) electrons. The highest BCUT2D eigenvalue weighted by atomic mass is 32.2. The van der Waals surface area contributed by atoms with Crippen molar-refractivity contribution in [3.05, 3.63) is 90.8 Å². The van der Waals surface area contributed by atoms with E-state index in [2.05, 4.69) is 50.6 Å². The van der Waals surface area contributed by atoms with E-state index < -0.39 is 0 Å². The number of benzene rings is 1. The molecule has 1 rings (SSSR count). The molecule has 0 aliphatic rings. The van der Waals surface area contributed by atoms with Crippen molar-refractivity contribution in [3.63, 3.8) is 0 Å². The third kappa shape index (κ3) is 4.80. The van der Waals surface area contributed by atoms with E-state index in [4.69, 9.17) is 0 Å². The second-order valence-electron chi connectivity index (χ2n) is 4.05. The summed E-state index contributed by atoms with van der Waals surface area (Å²) in [5.41, 5.74) is 0. The van der Waals surface area contributed by atoms with Gasteiger partial charge in [-0.25, -0.2) is 0 Å². The minimum absolute atomic E-state index is 0.152. The lowest BCUT2D eigenvalue weighted by Gasteiger charge is -2.09. The summed E-state index contributed by atoms with van der Waals surface area (Å²) in [7, 11) is -0.152. The molecule has 0 aliphatic heterocycles. The average molecular weight is 269 g/mol. The smallest absolute Gasteiger partial charge is 0.103 e. The molecule has 0 N–H and O–H groups in total. The molecule has 0 saturated carbocycles. The van der Waals surface area contributed by atoms with E-state index in [-0.39, 0.29) is 10.9 Å². The van der Waals surface area contributed by atoms with Crippen LogP contribution in [-0.2, 0) is 10.9 Å². The quantitative estimate of drug-likeness (QED) is 0.337. The first-order valence-electron chi connectivity index (χ1n) is 6.26. The maximum Gasteiger partial charge on any atom is 0.166 e. The van der Waals surface area contributed by atoms with Crippen LogP contribution in [0.1, 0.15) is 12.8 Å². The predicted octanol–water partition coefficient (Wildman–Crippen LogP) is 5.40. The Morgan fingerprint density at radius 1 is 1.11 bits per heavy atom. The van der Waals surface area contributed by atoms with Gasteiger partial charge in [-0.3, -0.25) is 0 Å². The Balaban J connectivity index is 3.00. The number of hydrogen-bond acceptors (Lipinski definition) is 0. The lowest BCUT2D eigenvalue weighted by atomic mass is 10.3. The van der Waals surface area contributed by atoms with Gasteiger partial charge >= 0.3 is 0 Å². The lowest BCUT2D eigenvalue weighted by molar-refractivity contribution is 1.04. The molecule has 98 valence electrons. The van der Waals surface area contributed by atoms with E-state index in [9.17, 15) is 0 Å². The third-order valence-electron chi connectivity index (χ3n) is 2.58. The molecule has 0 fully saturated rings. The topological polar surface area (TPSA) is 0 Å². The second kappa shape index (κ2) is 8.39. The molecule has 0 bridgehead atoms. The standard InChI is InChI=1S/C18H21S/c1-5-7-12-16(3)19(17(4)13-8-6-2)18-14-10-9-11-15-18/h5-7,9-12,14-15H,1-4,8,13H2/q+1/b12-7-. The predicted molar refractivity (Wildman–Crippen MR) is 89.1 cm³/mol. The molecule has 0 nitrogen and oxygen atoms in total. The zero-order valence-corrected chi connectivity index (χ0v) is 12.2. The lowest BCUT2D eigenvalue weighted by Crippen LogP contribution is -2.06. The maximum absolute atomic E-state index is 4.24. The molecule has 1 aromatic rings. The Morgan fingerprint density at radius 3 is 2.37 bits per heavy atom. The minimum atomic E-state index is -0.152. The summed E-state index contributed by atoms with van der Waals surface area (Å²) in [6.45, 7) is 15.9.